The minimum Gasteiger partial charge on any atom is -0.460 e. The third kappa shape index (κ3) is 5.41. The molecule has 0 spiro atoms. The van der Waals surface area contributed by atoms with Crippen LogP contribution in [0.3, 0.4) is 0 Å². The largest absolute Gasteiger partial charge is 0.460 e. The smallest absolute Gasteiger partial charge is 0.332 e. The van der Waals surface area contributed by atoms with Gasteiger partial charge in [0.25, 0.3) is 11.6 Å². The van der Waals surface area contributed by atoms with Crippen molar-refractivity contribution in [1.82, 2.24) is 18.7 Å². The number of rotatable bonds is 7. The summed E-state index contributed by atoms with van der Waals surface area (Å²) in [5.74, 6) is -0.320. The second-order valence-electron chi connectivity index (χ2n) is 9.09. The summed E-state index contributed by atoms with van der Waals surface area (Å²) in [6.07, 6.45) is 5.49. The van der Waals surface area contributed by atoms with Crippen molar-refractivity contribution < 1.29 is 9.53 Å². The molecular formula is C25H32ClN5O4. The molecule has 1 saturated carbocycles. The first-order valence-electron chi connectivity index (χ1n) is 11.6. The van der Waals surface area contributed by atoms with E-state index in [1.54, 1.807) is 41.9 Å². The van der Waals surface area contributed by atoms with Gasteiger partial charge in [0.2, 0.25) is 0 Å². The quantitative estimate of drug-likeness (QED) is 0.393. The Balaban J connectivity index is 0.00000342. The van der Waals surface area contributed by atoms with E-state index in [-0.39, 0.29) is 54.1 Å². The van der Waals surface area contributed by atoms with Gasteiger partial charge in [-0.15, -0.1) is 12.4 Å². The Bertz CT molecular complexity index is 1350. The molecule has 35 heavy (non-hydrogen) atoms. The molecule has 0 amide bonds. The van der Waals surface area contributed by atoms with Crippen LogP contribution >= 0.6 is 12.4 Å². The Hall–Kier alpha value is -3.17. The molecule has 188 valence electrons. The van der Waals surface area contributed by atoms with E-state index in [1.807, 2.05) is 19.9 Å². The Morgan fingerprint density at radius 3 is 2.49 bits per heavy atom. The fraction of sp³-hybridized carbons (Fsp3) is 0.440. The van der Waals surface area contributed by atoms with Gasteiger partial charge in [0.15, 0.2) is 16.9 Å². The summed E-state index contributed by atoms with van der Waals surface area (Å²) < 4.78 is 10.2. The number of allylic oxidation sites excluding steroid dienone is 2. The van der Waals surface area contributed by atoms with E-state index >= 15 is 0 Å². The molecule has 10 heteroatoms. The summed E-state index contributed by atoms with van der Waals surface area (Å²) in [7, 11) is 1.54. The minimum atomic E-state index is -0.602. The molecule has 4 rings (SSSR count). The van der Waals surface area contributed by atoms with Crippen LogP contribution in [0.25, 0.3) is 11.2 Å². The second kappa shape index (κ2) is 11.0. The van der Waals surface area contributed by atoms with E-state index in [1.165, 1.54) is 4.57 Å². The summed E-state index contributed by atoms with van der Waals surface area (Å²) in [5, 5.41) is 0. The van der Waals surface area contributed by atoms with Crippen LogP contribution in [0.2, 0.25) is 0 Å². The lowest BCUT2D eigenvalue weighted by atomic mass is 9.93. The third-order valence-corrected chi connectivity index (χ3v) is 6.29. The fourth-order valence-corrected chi connectivity index (χ4v) is 4.29. The average Bonchev–Trinajstić information content (AvgIpc) is 3.19. The number of aryl methyl sites for hydroxylation is 1. The van der Waals surface area contributed by atoms with E-state index in [9.17, 15) is 14.4 Å². The predicted octanol–water partition coefficient (Wildman–Crippen LogP) is 2.82. The molecule has 2 heterocycles. The number of benzene rings is 1. The molecular weight excluding hydrogens is 470 g/mol. The second-order valence-corrected chi connectivity index (χ2v) is 9.09. The number of ketones is 1. The fourth-order valence-electron chi connectivity index (χ4n) is 4.29. The van der Waals surface area contributed by atoms with Gasteiger partial charge in [-0.2, -0.15) is 4.98 Å². The highest BCUT2D eigenvalue weighted by atomic mass is 35.5. The Kier molecular flexibility index (Phi) is 8.34. The van der Waals surface area contributed by atoms with E-state index in [4.69, 9.17) is 10.5 Å². The molecule has 3 aromatic rings. The van der Waals surface area contributed by atoms with Crippen molar-refractivity contribution in [2.24, 2.45) is 12.8 Å². The molecule has 1 fully saturated rings. The van der Waals surface area contributed by atoms with Crippen LogP contribution in [0.15, 0.2) is 51.6 Å². The number of imidazole rings is 1. The van der Waals surface area contributed by atoms with Crippen molar-refractivity contribution in [3.8, 4) is 6.01 Å². The zero-order valence-corrected chi connectivity index (χ0v) is 21.1. The predicted molar refractivity (Wildman–Crippen MR) is 138 cm³/mol. The molecule has 2 N–H and O–H groups in total. The van der Waals surface area contributed by atoms with E-state index in [0.717, 1.165) is 35.8 Å². The normalized spacial score (nSPS) is 17.6. The molecule has 0 unspecified atom stereocenters. The molecule has 0 aliphatic heterocycles. The van der Waals surface area contributed by atoms with Gasteiger partial charge in [0, 0.05) is 25.2 Å². The van der Waals surface area contributed by atoms with Crippen LogP contribution in [0.5, 0.6) is 6.01 Å². The number of hydrogen-bond acceptors (Lipinski definition) is 6. The van der Waals surface area contributed by atoms with Crippen molar-refractivity contribution in [2.45, 2.75) is 64.8 Å². The topological polar surface area (TPSA) is 114 Å². The number of nitrogens with two attached hydrogens (primary N) is 1. The van der Waals surface area contributed by atoms with Gasteiger partial charge < -0.3 is 10.5 Å². The summed E-state index contributed by atoms with van der Waals surface area (Å²) in [6.45, 7) is 3.91. The van der Waals surface area contributed by atoms with Gasteiger partial charge in [-0.1, -0.05) is 48.4 Å². The van der Waals surface area contributed by atoms with Crippen molar-refractivity contribution in [2.75, 3.05) is 0 Å². The Labute approximate surface area is 209 Å². The minimum absolute atomic E-state index is 0. The van der Waals surface area contributed by atoms with Crippen LogP contribution in [0.1, 0.15) is 49.9 Å². The number of nitrogens with zero attached hydrogens (tertiary/aromatic N) is 4. The van der Waals surface area contributed by atoms with Crippen LogP contribution in [0, 0.1) is 0 Å². The monoisotopic (exact) mass is 501 g/mol. The first-order valence-corrected chi connectivity index (χ1v) is 11.6. The SMILES string of the molecule is CC(C)=CCn1c(O[C@H]2CCCC[C@@H]2N)nc2c1c(=O)n(CC(=O)c1ccccc1)c(=O)n2C.Cl. The van der Waals surface area contributed by atoms with Crippen molar-refractivity contribution in [1.29, 1.82) is 0 Å². The summed E-state index contributed by atoms with van der Waals surface area (Å²) in [6, 6.07) is 8.75. The zero-order valence-electron chi connectivity index (χ0n) is 20.3. The van der Waals surface area contributed by atoms with Crippen molar-refractivity contribution in [3.05, 3.63) is 68.4 Å². The van der Waals surface area contributed by atoms with Crippen LogP contribution in [0.4, 0.5) is 0 Å². The lowest BCUT2D eigenvalue weighted by molar-refractivity contribution is 0.0969. The first-order chi connectivity index (χ1) is 16.3. The number of fused-ring (bicyclic) bond motifs is 1. The molecule has 1 aliphatic carbocycles. The maximum atomic E-state index is 13.5. The molecule has 1 aromatic carbocycles. The van der Waals surface area contributed by atoms with Crippen molar-refractivity contribution in [3.63, 3.8) is 0 Å². The molecule has 0 bridgehead atoms. The van der Waals surface area contributed by atoms with Gasteiger partial charge in [0.1, 0.15) is 6.10 Å². The summed E-state index contributed by atoms with van der Waals surface area (Å²) >= 11 is 0. The lowest BCUT2D eigenvalue weighted by Gasteiger charge is -2.28. The highest BCUT2D eigenvalue weighted by molar-refractivity contribution is 5.95. The van der Waals surface area contributed by atoms with Gasteiger partial charge >= 0.3 is 5.69 Å². The maximum absolute atomic E-state index is 13.5. The summed E-state index contributed by atoms with van der Waals surface area (Å²) in [5.41, 5.74) is 7.05. The Morgan fingerprint density at radius 2 is 1.83 bits per heavy atom. The highest BCUT2D eigenvalue weighted by Crippen LogP contribution is 2.25. The number of halogens is 1. The molecule has 0 radical (unpaired) electrons. The van der Waals surface area contributed by atoms with Gasteiger partial charge in [-0.05, 0) is 33.1 Å². The molecule has 2 aromatic heterocycles. The molecule has 1 aliphatic rings. The molecule has 9 nitrogen and oxygen atoms in total. The average molecular weight is 502 g/mol. The number of carbonyl (C=O) groups excluding carboxylic acids is 1. The lowest BCUT2D eigenvalue weighted by Crippen LogP contribution is -2.42. The zero-order chi connectivity index (χ0) is 24.4. The van der Waals surface area contributed by atoms with Crippen LogP contribution < -0.4 is 21.7 Å². The number of ether oxygens (including phenoxy) is 1. The maximum Gasteiger partial charge on any atom is 0.332 e. The number of Topliss-reactive ketones (excluding diaryl/α,β-unsaturated/α-hetero) is 1. The Morgan fingerprint density at radius 1 is 1.14 bits per heavy atom. The van der Waals surface area contributed by atoms with Crippen LogP contribution in [-0.2, 0) is 20.1 Å². The van der Waals surface area contributed by atoms with E-state index < -0.39 is 11.2 Å². The van der Waals surface area contributed by atoms with Gasteiger partial charge in [0.05, 0.1) is 6.54 Å². The third-order valence-electron chi connectivity index (χ3n) is 6.29. The molecule has 0 saturated heterocycles. The first kappa shape index (κ1) is 26.4. The van der Waals surface area contributed by atoms with Crippen molar-refractivity contribution >= 4 is 29.4 Å². The van der Waals surface area contributed by atoms with Gasteiger partial charge in [-0.25, -0.2) is 4.79 Å². The van der Waals surface area contributed by atoms with Gasteiger partial charge in [-0.3, -0.25) is 23.3 Å². The number of carbonyl (C=O) groups is 1. The van der Waals surface area contributed by atoms with Crippen LogP contribution in [-0.4, -0.2) is 36.6 Å². The number of aromatic nitrogens is 4. The number of hydrogen-bond donors (Lipinski definition) is 1. The highest BCUT2D eigenvalue weighted by Gasteiger charge is 2.28. The van der Waals surface area contributed by atoms with E-state index in [2.05, 4.69) is 4.98 Å². The van der Waals surface area contributed by atoms with E-state index in [0.29, 0.717) is 12.1 Å². The standard InChI is InChI=1S/C25H31N5O4.ClH/c1-16(2)13-14-29-21-22(27-24(29)34-20-12-8-7-11-18(20)26)28(3)25(33)30(23(21)32)15-19(31)17-9-5-4-6-10-17;/h4-6,9-10,13,18,20H,7-8,11-12,14-15,26H2,1-3H3;1H/t18-,20-;/m0./s1. The summed E-state index contributed by atoms with van der Waals surface area (Å²) in [4.78, 5) is 43.9. The molecule has 2 atom stereocenters.